The van der Waals surface area contributed by atoms with Gasteiger partial charge in [0.05, 0.1) is 13.2 Å². The van der Waals surface area contributed by atoms with Crippen LogP contribution in [0.5, 0.6) is 5.75 Å². The minimum absolute atomic E-state index is 0.168. The number of fused-ring (bicyclic) bond motifs is 1. The van der Waals surface area contributed by atoms with Gasteiger partial charge in [0, 0.05) is 11.5 Å². The Morgan fingerprint density at radius 2 is 1.92 bits per heavy atom. The lowest BCUT2D eigenvalue weighted by Crippen LogP contribution is -2.24. The Morgan fingerprint density at radius 3 is 2.62 bits per heavy atom. The van der Waals surface area contributed by atoms with Gasteiger partial charge in [0.25, 0.3) is 0 Å². The molecule has 4 heteroatoms. The molecule has 3 rings (SSSR count). The molecule has 3 aromatic rings. The molecule has 2 aromatic carbocycles. The summed E-state index contributed by atoms with van der Waals surface area (Å²) in [6, 6.07) is 17.0. The van der Waals surface area contributed by atoms with E-state index in [0.717, 1.165) is 28.0 Å². The molecule has 0 unspecified atom stereocenters. The second kappa shape index (κ2) is 7.04. The molecule has 4 nitrogen and oxygen atoms in total. The number of ether oxygens (including phenoxy) is 1. The molecule has 1 aromatic heterocycles. The molecule has 1 atom stereocenters. The van der Waals surface area contributed by atoms with Crippen molar-refractivity contribution in [2.24, 2.45) is 0 Å². The predicted molar refractivity (Wildman–Crippen MR) is 94.8 cm³/mol. The number of benzene rings is 2. The SMILES string of the molecule is COc1ccc(/C=C/C(=O)N[C@H](C)c2cc3ccccc3o2)cc1. The molecule has 1 heterocycles. The standard InChI is InChI=1S/C20H19NO3/c1-14(19-13-16-5-3-4-6-18(16)24-19)21-20(22)12-9-15-7-10-17(23-2)11-8-15/h3-14H,1-2H3,(H,21,22)/b12-9+/t14-/m1/s1. The zero-order chi connectivity index (χ0) is 16.9. The van der Waals surface area contributed by atoms with Crippen LogP contribution in [-0.4, -0.2) is 13.0 Å². The zero-order valence-electron chi connectivity index (χ0n) is 13.7. The molecule has 0 spiro atoms. The average molecular weight is 321 g/mol. The Bertz CT molecular complexity index is 829. The second-order valence-corrected chi connectivity index (χ2v) is 5.52. The first kappa shape index (κ1) is 15.9. The topological polar surface area (TPSA) is 51.5 Å². The maximum Gasteiger partial charge on any atom is 0.244 e. The molecule has 0 bridgehead atoms. The summed E-state index contributed by atoms with van der Waals surface area (Å²) in [6.07, 6.45) is 3.28. The predicted octanol–water partition coefficient (Wildman–Crippen LogP) is 4.33. The Balaban J connectivity index is 1.63. The lowest BCUT2D eigenvalue weighted by atomic mass is 10.2. The van der Waals surface area contributed by atoms with Gasteiger partial charge in [-0.25, -0.2) is 0 Å². The number of hydrogen-bond acceptors (Lipinski definition) is 3. The van der Waals surface area contributed by atoms with Gasteiger partial charge in [0.15, 0.2) is 0 Å². The number of nitrogens with one attached hydrogen (secondary N) is 1. The van der Waals surface area contributed by atoms with Crippen LogP contribution < -0.4 is 10.1 Å². The van der Waals surface area contributed by atoms with Gasteiger partial charge in [0.2, 0.25) is 5.91 Å². The molecule has 1 amide bonds. The third-order valence-corrected chi connectivity index (χ3v) is 3.77. The number of para-hydroxylation sites is 1. The Hall–Kier alpha value is -3.01. The van der Waals surface area contributed by atoms with Crippen molar-refractivity contribution in [3.05, 3.63) is 72.0 Å². The van der Waals surface area contributed by atoms with Crippen molar-refractivity contribution in [1.82, 2.24) is 5.32 Å². The van der Waals surface area contributed by atoms with E-state index in [9.17, 15) is 4.79 Å². The summed E-state index contributed by atoms with van der Waals surface area (Å²) < 4.78 is 10.9. The van der Waals surface area contributed by atoms with E-state index < -0.39 is 0 Å². The number of amides is 1. The highest BCUT2D eigenvalue weighted by Crippen LogP contribution is 2.23. The summed E-state index contributed by atoms with van der Waals surface area (Å²) in [5, 5.41) is 3.94. The van der Waals surface area contributed by atoms with Crippen LogP contribution >= 0.6 is 0 Å². The number of rotatable bonds is 5. The molecule has 122 valence electrons. The van der Waals surface area contributed by atoms with E-state index in [1.807, 2.05) is 61.5 Å². The molecule has 0 radical (unpaired) electrons. The van der Waals surface area contributed by atoms with Crippen LogP contribution in [0.1, 0.15) is 24.3 Å². The Kier molecular flexibility index (Phi) is 4.66. The van der Waals surface area contributed by atoms with E-state index in [-0.39, 0.29) is 11.9 Å². The van der Waals surface area contributed by atoms with Crippen molar-refractivity contribution in [3.63, 3.8) is 0 Å². The van der Waals surface area contributed by atoms with Gasteiger partial charge in [0.1, 0.15) is 17.1 Å². The van der Waals surface area contributed by atoms with E-state index in [0.29, 0.717) is 0 Å². The average Bonchev–Trinajstić information content (AvgIpc) is 3.05. The molecular formula is C20H19NO3. The Morgan fingerprint density at radius 1 is 1.17 bits per heavy atom. The molecule has 0 saturated carbocycles. The van der Waals surface area contributed by atoms with Gasteiger partial charge >= 0.3 is 0 Å². The molecule has 0 aliphatic carbocycles. The van der Waals surface area contributed by atoms with Gasteiger partial charge in [-0.2, -0.15) is 0 Å². The van der Waals surface area contributed by atoms with Crippen molar-refractivity contribution >= 4 is 23.0 Å². The van der Waals surface area contributed by atoms with Crippen LogP contribution in [0.3, 0.4) is 0 Å². The van der Waals surface area contributed by atoms with E-state index in [1.165, 1.54) is 6.08 Å². The van der Waals surface area contributed by atoms with Crippen LogP contribution in [0.4, 0.5) is 0 Å². The van der Waals surface area contributed by atoms with Crippen LogP contribution in [-0.2, 0) is 4.79 Å². The fraction of sp³-hybridized carbons (Fsp3) is 0.150. The summed E-state index contributed by atoms with van der Waals surface area (Å²) in [5.74, 6) is 1.36. The van der Waals surface area contributed by atoms with Crippen LogP contribution in [0.2, 0.25) is 0 Å². The number of hydrogen-bond donors (Lipinski definition) is 1. The number of methoxy groups -OCH3 is 1. The van der Waals surface area contributed by atoms with Crippen molar-refractivity contribution in [3.8, 4) is 5.75 Å². The highest BCUT2D eigenvalue weighted by molar-refractivity contribution is 5.92. The molecular weight excluding hydrogens is 302 g/mol. The highest BCUT2D eigenvalue weighted by atomic mass is 16.5. The lowest BCUT2D eigenvalue weighted by molar-refractivity contribution is -0.117. The van der Waals surface area contributed by atoms with Gasteiger partial charge in [-0.3, -0.25) is 4.79 Å². The first-order valence-corrected chi connectivity index (χ1v) is 7.77. The smallest absolute Gasteiger partial charge is 0.244 e. The van der Waals surface area contributed by atoms with E-state index in [1.54, 1.807) is 13.2 Å². The summed E-state index contributed by atoms with van der Waals surface area (Å²) in [5.41, 5.74) is 1.75. The number of furan rings is 1. The molecule has 24 heavy (non-hydrogen) atoms. The molecule has 1 N–H and O–H groups in total. The third-order valence-electron chi connectivity index (χ3n) is 3.77. The normalized spacial score (nSPS) is 12.4. The maximum absolute atomic E-state index is 12.1. The summed E-state index contributed by atoms with van der Waals surface area (Å²) >= 11 is 0. The molecule has 0 fully saturated rings. The summed E-state index contributed by atoms with van der Waals surface area (Å²) in [7, 11) is 1.62. The van der Waals surface area contributed by atoms with Crippen LogP contribution in [0.15, 0.2) is 65.1 Å². The monoisotopic (exact) mass is 321 g/mol. The fourth-order valence-corrected chi connectivity index (χ4v) is 2.44. The first-order chi connectivity index (χ1) is 11.7. The van der Waals surface area contributed by atoms with E-state index in [2.05, 4.69) is 5.32 Å². The quantitative estimate of drug-likeness (QED) is 0.712. The van der Waals surface area contributed by atoms with Crippen LogP contribution in [0, 0.1) is 0 Å². The van der Waals surface area contributed by atoms with E-state index in [4.69, 9.17) is 9.15 Å². The molecule has 0 aliphatic heterocycles. The zero-order valence-corrected chi connectivity index (χ0v) is 13.7. The number of carbonyl (C=O) groups excluding carboxylic acids is 1. The largest absolute Gasteiger partial charge is 0.497 e. The summed E-state index contributed by atoms with van der Waals surface area (Å²) in [4.78, 5) is 12.1. The van der Waals surface area contributed by atoms with Gasteiger partial charge in [-0.05, 0) is 42.8 Å². The lowest BCUT2D eigenvalue weighted by Gasteiger charge is -2.09. The Labute approximate surface area is 140 Å². The van der Waals surface area contributed by atoms with Crippen molar-refractivity contribution in [1.29, 1.82) is 0 Å². The van der Waals surface area contributed by atoms with Crippen molar-refractivity contribution < 1.29 is 13.9 Å². The highest BCUT2D eigenvalue weighted by Gasteiger charge is 2.12. The minimum atomic E-state index is -0.203. The fourth-order valence-electron chi connectivity index (χ4n) is 2.44. The van der Waals surface area contributed by atoms with E-state index >= 15 is 0 Å². The summed E-state index contributed by atoms with van der Waals surface area (Å²) in [6.45, 7) is 1.90. The number of carbonyl (C=O) groups is 1. The molecule has 0 saturated heterocycles. The first-order valence-electron chi connectivity index (χ1n) is 7.77. The maximum atomic E-state index is 12.1. The minimum Gasteiger partial charge on any atom is -0.497 e. The van der Waals surface area contributed by atoms with Crippen molar-refractivity contribution in [2.75, 3.05) is 7.11 Å². The second-order valence-electron chi connectivity index (χ2n) is 5.52. The van der Waals surface area contributed by atoms with Crippen molar-refractivity contribution in [2.45, 2.75) is 13.0 Å². The molecule has 0 aliphatic rings. The van der Waals surface area contributed by atoms with Gasteiger partial charge in [-0.1, -0.05) is 30.3 Å². The van der Waals surface area contributed by atoms with Gasteiger partial charge < -0.3 is 14.5 Å². The van der Waals surface area contributed by atoms with Crippen LogP contribution in [0.25, 0.3) is 17.0 Å². The third kappa shape index (κ3) is 3.66. The van der Waals surface area contributed by atoms with Gasteiger partial charge in [-0.15, -0.1) is 0 Å².